The topological polar surface area (TPSA) is 112 Å². The highest BCUT2D eigenvalue weighted by Crippen LogP contribution is 2.29. The third-order valence-electron chi connectivity index (χ3n) is 5.00. The summed E-state index contributed by atoms with van der Waals surface area (Å²) in [7, 11) is 1.55. The van der Waals surface area contributed by atoms with E-state index < -0.39 is 11.7 Å². The molecule has 0 bridgehead atoms. The minimum atomic E-state index is -4.42. The van der Waals surface area contributed by atoms with Gasteiger partial charge < -0.3 is 10.1 Å². The van der Waals surface area contributed by atoms with Gasteiger partial charge in [0.05, 0.1) is 18.4 Å². The van der Waals surface area contributed by atoms with E-state index in [4.69, 9.17) is 4.74 Å². The highest BCUT2D eigenvalue weighted by molar-refractivity contribution is 7.13. The number of methoxy groups -OCH3 is 1. The first-order chi connectivity index (χ1) is 16.8. The summed E-state index contributed by atoms with van der Waals surface area (Å²) >= 11 is 1.24. The molecule has 0 unspecified atom stereocenters. The molecule has 13 heteroatoms. The molecule has 2 heterocycles. The fraction of sp³-hybridized carbons (Fsp3) is 0.455. The van der Waals surface area contributed by atoms with Gasteiger partial charge in [0.15, 0.2) is 5.78 Å². The fourth-order valence-electron chi connectivity index (χ4n) is 3.16. The van der Waals surface area contributed by atoms with Gasteiger partial charge in [-0.3, -0.25) is 14.3 Å². The Morgan fingerprint density at radius 3 is 2.74 bits per heavy atom. The van der Waals surface area contributed by atoms with Crippen molar-refractivity contribution in [3.8, 4) is 0 Å². The zero-order chi connectivity index (χ0) is 25.3. The maximum Gasteiger partial charge on any atom is 0.416 e. The van der Waals surface area contributed by atoms with Crippen LogP contribution in [0.3, 0.4) is 0 Å². The number of ketones is 1. The summed E-state index contributed by atoms with van der Waals surface area (Å²) < 4.78 is 44.9. The zero-order valence-corrected chi connectivity index (χ0v) is 19.9. The number of halogens is 3. The van der Waals surface area contributed by atoms with Crippen LogP contribution in [0.2, 0.25) is 0 Å². The second-order valence-electron chi connectivity index (χ2n) is 7.69. The summed E-state index contributed by atoms with van der Waals surface area (Å²) in [6.07, 6.45) is -0.473. The summed E-state index contributed by atoms with van der Waals surface area (Å²) in [5.41, 5.74) is -0.110. The van der Waals surface area contributed by atoms with Gasteiger partial charge >= 0.3 is 6.18 Å². The number of hydrogen-bond acceptors (Lipinski definition) is 8. The van der Waals surface area contributed by atoms with E-state index in [0.29, 0.717) is 36.7 Å². The Morgan fingerprint density at radius 1 is 1.14 bits per heavy atom. The first-order valence-corrected chi connectivity index (χ1v) is 11.8. The van der Waals surface area contributed by atoms with E-state index in [1.54, 1.807) is 24.1 Å². The average molecular weight is 511 g/mol. The largest absolute Gasteiger partial charge is 0.416 e. The maximum atomic E-state index is 12.8. The molecule has 0 atom stereocenters. The number of carbonyl (C=O) groups excluding carboxylic acids is 2. The second kappa shape index (κ2) is 12.5. The van der Waals surface area contributed by atoms with Crippen molar-refractivity contribution in [1.82, 2.24) is 30.5 Å². The highest BCUT2D eigenvalue weighted by atomic mass is 32.1. The average Bonchev–Trinajstić information content (AvgIpc) is 3.50. The Bertz CT molecular complexity index is 1130. The van der Waals surface area contributed by atoms with E-state index in [9.17, 15) is 22.8 Å². The number of alkyl halides is 3. The van der Waals surface area contributed by atoms with Crippen molar-refractivity contribution in [1.29, 1.82) is 0 Å². The Hall–Kier alpha value is -3.19. The molecule has 3 rings (SSSR count). The highest BCUT2D eigenvalue weighted by Gasteiger charge is 2.30. The van der Waals surface area contributed by atoms with Crippen LogP contribution in [0.5, 0.6) is 0 Å². The quantitative estimate of drug-likeness (QED) is 0.277. The molecule has 0 aliphatic rings. The molecule has 0 fully saturated rings. The van der Waals surface area contributed by atoms with Gasteiger partial charge in [-0.2, -0.15) is 13.2 Å². The minimum absolute atomic E-state index is 0.0401. The molecule has 3 aromatic rings. The van der Waals surface area contributed by atoms with Crippen molar-refractivity contribution in [2.45, 2.75) is 44.8 Å². The van der Waals surface area contributed by atoms with Gasteiger partial charge in [-0.05, 0) is 30.9 Å². The number of nitrogens with one attached hydrogen (secondary N) is 1. The standard InChI is InChI=1S/C22H25F3N6O3S/c1-34-12-10-26-20(33)21-29-28-19(35-21)7-2-3-11-31-14-17(27-30-31)18(32)9-8-15-5-4-6-16(13-15)22(23,24)25/h4-6,13-14H,2-3,7-12H2,1H3,(H,26,33). The van der Waals surface area contributed by atoms with Gasteiger partial charge in [0.1, 0.15) is 10.7 Å². The van der Waals surface area contributed by atoms with E-state index in [1.165, 1.54) is 17.4 Å². The zero-order valence-electron chi connectivity index (χ0n) is 19.0. The van der Waals surface area contributed by atoms with Crippen molar-refractivity contribution in [2.75, 3.05) is 20.3 Å². The molecule has 0 saturated heterocycles. The van der Waals surface area contributed by atoms with Gasteiger partial charge in [0.2, 0.25) is 5.01 Å². The molecule has 1 amide bonds. The second-order valence-corrected chi connectivity index (χ2v) is 8.76. The SMILES string of the molecule is COCCNC(=O)c1nnc(CCCCn2cc(C(=O)CCc3cccc(C(F)(F)F)c3)nn2)s1. The number of aryl methyl sites for hydroxylation is 3. The van der Waals surface area contributed by atoms with Crippen LogP contribution in [0.1, 0.15) is 55.7 Å². The van der Waals surface area contributed by atoms with Crippen LogP contribution in [0.15, 0.2) is 30.5 Å². The number of hydrogen-bond donors (Lipinski definition) is 1. The maximum absolute atomic E-state index is 12.8. The molecule has 1 aromatic carbocycles. The van der Waals surface area contributed by atoms with Crippen LogP contribution in [-0.4, -0.2) is 57.1 Å². The molecule has 0 aliphatic carbocycles. The van der Waals surface area contributed by atoms with E-state index in [1.807, 2.05) is 0 Å². The summed E-state index contributed by atoms with van der Waals surface area (Å²) in [6, 6.07) is 4.95. The Morgan fingerprint density at radius 2 is 1.97 bits per heavy atom. The van der Waals surface area contributed by atoms with E-state index in [2.05, 4.69) is 25.8 Å². The summed E-state index contributed by atoms with van der Waals surface area (Å²) in [5, 5.41) is 19.5. The van der Waals surface area contributed by atoms with Crippen LogP contribution in [0, 0.1) is 0 Å². The van der Waals surface area contributed by atoms with E-state index >= 15 is 0 Å². The van der Waals surface area contributed by atoms with E-state index in [-0.39, 0.29) is 30.2 Å². The minimum Gasteiger partial charge on any atom is -0.383 e. The first-order valence-electron chi connectivity index (χ1n) is 10.9. The molecule has 0 aliphatic heterocycles. The van der Waals surface area contributed by atoms with Crippen molar-refractivity contribution in [3.63, 3.8) is 0 Å². The lowest BCUT2D eigenvalue weighted by atomic mass is 10.0. The molecular weight excluding hydrogens is 485 g/mol. The Labute approximate surface area is 203 Å². The molecule has 2 aromatic heterocycles. The summed E-state index contributed by atoms with van der Waals surface area (Å²) in [4.78, 5) is 24.3. The monoisotopic (exact) mass is 510 g/mol. The Kier molecular flexibility index (Phi) is 9.43. The normalized spacial score (nSPS) is 11.5. The lowest BCUT2D eigenvalue weighted by Crippen LogP contribution is -2.26. The molecule has 0 saturated carbocycles. The predicted octanol–water partition coefficient (Wildman–Crippen LogP) is 3.36. The number of amides is 1. The van der Waals surface area contributed by atoms with Gasteiger partial charge in [-0.25, -0.2) is 0 Å². The van der Waals surface area contributed by atoms with Crippen LogP contribution >= 0.6 is 11.3 Å². The van der Waals surface area contributed by atoms with Gasteiger partial charge in [0, 0.05) is 33.0 Å². The van der Waals surface area contributed by atoms with Crippen LogP contribution in [0.4, 0.5) is 13.2 Å². The molecule has 1 N–H and O–H groups in total. The van der Waals surface area contributed by atoms with Crippen LogP contribution in [0.25, 0.3) is 0 Å². The third-order valence-corrected chi connectivity index (χ3v) is 5.98. The number of unbranched alkanes of at least 4 members (excludes halogenated alkanes) is 1. The van der Waals surface area contributed by atoms with Crippen molar-refractivity contribution in [3.05, 3.63) is 57.3 Å². The number of Topliss-reactive ketones (excluding diaryl/α,β-unsaturated/α-hetero) is 1. The fourth-order valence-corrected chi connectivity index (χ4v) is 3.96. The first kappa shape index (κ1) is 26.4. The molecule has 35 heavy (non-hydrogen) atoms. The van der Waals surface area contributed by atoms with Crippen LogP contribution < -0.4 is 5.32 Å². The lowest BCUT2D eigenvalue weighted by molar-refractivity contribution is -0.137. The number of benzene rings is 1. The van der Waals surface area contributed by atoms with Gasteiger partial charge in [-0.15, -0.1) is 15.3 Å². The number of aromatic nitrogens is 5. The van der Waals surface area contributed by atoms with Crippen molar-refractivity contribution >= 4 is 23.0 Å². The van der Waals surface area contributed by atoms with E-state index in [0.717, 1.165) is 30.0 Å². The molecule has 0 radical (unpaired) electrons. The Balaban J connectivity index is 1.40. The van der Waals surface area contributed by atoms with Gasteiger partial charge in [-0.1, -0.05) is 34.7 Å². The third kappa shape index (κ3) is 8.21. The predicted molar refractivity (Wildman–Crippen MR) is 121 cm³/mol. The van der Waals surface area contributed by atoms with Crippen molar-refractivity contribution in [2.24, 2.45) is 0 Å². The molecule has 188 valence electrons. The smallest absolute Gasteiger partial charge is 0.383 e. The summed E-state index contributed by atoms with van der Waals surface area (Å²) in [5.74, 6) is -0.558. The lowest BCUT2D eigenvalue weighted by Gasteiger charge is -2.08. The van der Waals surface area contributed by atoms with Gasteiger partial charge in [0.25, 0.3) is 5.91 Å². The molecular formula is C22H25F3N6O3S. The molecule has 0 spiro atoms. The number of ether oxygens (including phenoxy) is 1. The van der Waals surface area contributed by atoms with Crippen molar-refractivity contribution < 1.29 is 27.5 Å². The number of carbonyl (C=O) groups is 2. The summed E-state index contributed by atoms with van der Waals surface area (Å²) in [6.45, 7) is 1.36. The van der Waals surface area contributed by atoms with Crippen LogP contribution in [-0.2, 0) is 30.3 Å². The molecule has 9 nitrogen and oxygen atoms in total. The number of nitrogens with zero attached hydrogens (tertiary/aromatic N) is 5. The number of rotatable bonds is 13.